The molecule has 0 radical (unpaired) electrons. The Labute approximate surface area is 135 Å². The second-order valence-electron chi connectivity index (χ2n) is 6.01. The highest BCUT2D eigenvalue weighted by atomic mass is 16.6. The van der Waals surface area contributed by atoms with Gasteiger partial charge in [-0.05, 0) is 46.7 Å². The largest absolute Gasteiger partial charge is 0.474 e. The molecule has 1 aliphatic heterocycles. The van der Waals surface area contributed by atoms with Crippen LogP contribution in [0, 0.1) is 10.1 Å². The Morgan fingerprint density at radius 2 is 2.00 bits per heavy atom. The van der Waals surface area contributed by atoms with Gasteiger partial charge in [0, 0.05) is 12.1 Å². The van der Waals surface area contributed by atoms with E-state index in [9.17, 15) is 14.9 Å². The molecule has 0 unspecified atom stereocenters. The fourth-order valence-corrected chi connectivity index (χ4v) is 1.78. The number of nitro groups is 1. The number of carbonyl (C=O) groups excluding carboxylic acids is 1. The van der Waals surface area contributed by atoms with E-state index in [1.54, 1.807) is 6.07 Å². The van der Waals surface area contributed by atoms with Crippen LogP contribution in [0.15, 0.2) is 18.3 Å². The van der Waals surface area contributed by atoms with Crippen molar-refractivity contribution in [3.8, 4) is 5.88 Å². The van der Waals surface area contributed by atoms with E-state index < -0.39 is 4.92 Å². The molecule has 0 saturated carbocycles. The zero-order valence-corrected chi connectivity index (χ0v) is 13.7. The Balaban J connectivity index is 0.000000322. The van der Waals surface area contributed by atoms with Crippen LogP contribution < -0.4 is 10.1 Å². The van der Waals surface area contributed by atoms with Gasteiger partial charge in [0.1, 0.15) is 17.9 Å². The maximum absolute atomic E-state index is 10.4. The van der Waals surface area contributed by atoms with Crippen molar-refractivity contribution in [2.45, 2.75) is 45.3 Å². The molecule has 1 aromatic rings. The predicted octanol–water partition coefficient (Wildman–Crippen LogP) is 2.08. The van der Waals surface area contributed by atoms with E-state index in [-0.39, 0.29) is 17.4 Å². The summed E-state index contributed by atoms with van der Waals surface area (Å²) in [7, 11) is 0. The standard InChI is InChI=1S/C10H13N3O3.C5H10O2/c14-13(15)8-1-2-10(12-7-8)16-9-3-5-11-6-4-9;1-5(2,3)7-4-6/h1-2,7,9,11H,3-6H2;4H,1-3H3. The fraction of sp³-hybridized carbons (Fsp3) is 0.600. The van der Waals surface area contributed by atoms with Crippen molar-refractivity contribution in [2.75, 3.05) is 13.1 Å². The molecule has 0 atom stereocenters. The lowest BCUT2D eigenvalue weighted by Gasteiger charge is -2.22. The molecule has 1 aromatic heterocycles. The first-order valence-electron chi connectivity index (χ1n) is 7.41. The molecule has 1 aliphatic rings. The average Bonchev–Trinajstić information content (AvgIpc) is 2.48. The highest BCUT2D eigenvalue weighted by molar-refractivity contribution is 5.37. The van der Waals surface area contributed by atoms with Gasteiger partial charge in [-0.25, -0.2) is 4.98 Å². The van der Waals surface area contributed by atoms with E-state index in [0.717, 1.165) is 25.9 Å². The molecule has 128 valence electrons. The van der Waals surface area contributed by atoms with Gasteiger partial charge >= 0.3 is 0 Å². The minimum Gasteiger partial charge on any atom is -0.474 e. The van der Waals surface area contributed by atoms with Gasteiger partial charge in [-0.15, -0.1) is 0 Å². The van der Waals surface area contributed by atoms with Gasteiger partial charge < -0.3 is 14.8 Å². The zero-order valence-electron chi connectivity index (χ0n) is 13.7. The van der Waals surface area contributed by atoms with Crippen LogP contribution in [-0.2, 0) is 9.53 Å². The Bertz CT molecular complexity index is 493. The Hall–Kier alpha value is -2.22. The minimum absolute atomic E-state index is 0.0161. The predicted molar refractivity (Wildman–Crippen MR) is 84.3 cm³/mol. The minimum atomic E-state index is -0.471. The summed E-state index contributed by atoms with van der Waals surface area (Å²) in [6.07, 6.45) is 3.27. The third kappa shape index (κ3) is 8.10. The number of piperidine rings is 1. The number of rotatable bonds is 4. The van der Waals surface area contributed by atoms with Crippen LogP contribution in [0.1, 0.15) is 33.6 Å². The molecule has 1 N–H and O–H groups in total. The van der Waals surface area contributed by atoms with Crippen LogP contribution in [0.2, 0.25) is 0 Å². The average molecular weight is 325 g/mol. The van der Waals surface area contributed by atoms with Gasteiger partial charge in [-0.3, -0.25) is 14.9 Å². The van der Waals surface area contributed by atoms with Crippen molar-refractivity contribution in [1.29, 1.82) is 0 Å². The lowest BCUT2D eigenvalue weighted by atomic mass is 10.1. The van der Waals surface area contributed by atoms with E-state index in [1.165, 1.54) is 12.3 Å². The third-order valence-electron chi connectivity index (χ3n) is 2.91. The fourth-order valence-electron chi connectivity index (χ4n) is 1.78. The molecule has 8 heteroatoms. The van der Waals surface area contributed by atoms with Crippen LogP contribution >= 0.6 is 0 Å². The number of nitrogens with zero attached hydrogens (tertiary/aromatic N) is 2. The number of nitrogens with one attached hydrogen (secondary N) is 1. The van der Waals surface area contributed by atoms with Crippen LogP contribution in [0.3, 0.4) is 0 Å². The Kier molecular flexibility index (Phi) is 7.40. The van der Waals surface area contributed by atoms with Gasteiger partial charge in [0.2, 0.25) is 5.88 Å². The molecule has 0 bridgehead atoms. The number of carbonyl (C=O) groups is 1. The lowest BCUT2D eigenvalue weighted by molar-refractivity contribution is -0.385. The maximum Gasteiger partial charge on any atom is 0.293 e. The molecule has 8 nitrogen and oxygen atoms in total. The monoisotopic (exact) mass is 325 g/mol. The molecular formula is C15H23N3O5. The zero-order chi connectivity index (χ0) is 17.3. The van der Waals surface area contributed by atoms with Crippen molar-refractivity contribution in [1.82, 2.24) is 10.3 Å². The molecule has 1 saturated heterocycles. The summed E-state index contributed by atoms with van der Waals surface area (Å²) in [5.74, 6) is 0.456. The van der Waals surface area contributed by atoms with Gasteiger partial charge in [-0.2, -0.15) is 0 Å². The molecule has 2 rings (SSSR count). The molecule has 0 aliphatic carbocycles. The summed E-state index contributed by atoms with van der Waals surface area (Å²) in [6, 6.07) is 2.95. The van der Waals surface area contributed by atoms with E-state index in [1.807, 2.05) is 20.8 Å². The van der Waals surface area contributed by atoms with Gasteiger partial charge in [0.25, 0.3) is 12.2 Å². The highest BCUT2D eigenvalue weighted by Crippen LogP contribution is 2.17. The summed E-state index contributed by atoms with van der Waals surface area (Å²) in [5, 5.41) is 13.7. The van der Waals surface area contributed by atoms with E-state index >= 15 is 0 Å². The molecule has 0 spiro atoms. The summed E-state index contributed by atoms with van der Waals surface area (Å²) in [4.78, 5) is 23.5. The summed E-state index contributed by atoms with van der Waals surface area (Å²) in [6.45, 7) is 7.81. The van der Waals surface area contributed by atoms with Gasteiger partial charge in [0.15, 0.2) is 0 Å². The summed E-state index contributed by atoms with van der Waals surface area (Å²) >= 11 is 0. The van der Waals surface area contributed by atoms with Crippen molar-refractivity contribution in [3.63, 3.8) is 0 Å². The topological polar surface area (TPSA) is 104 Å². The van der Waals surface area contributed by atoms with Crippen molar-refractivity contribution in [2.24, 2.45) is 0 Å². The van der Waals surface area contributed by atoms with Crippen LogP contribution in [0.4, 0.5) is 5.69 Å². The smallest absolute Gasteiger partial charge is 0.293 e. The number of aromatic nitrogens is 1. The molecule has 1 fully saturated rings. The Morgan fingerprint density at radius 1 is 1.35 bits per heavy atom. The summed E-state index contributed by atoms with van der Waals surface area (Å²) in [5.41, 5.74) is -0.334. The number of pyridine rings is 1. The van der Waals surface area contributed by atoms with Gasteiger partial charge in [-0.1, -0.05) is 0 Å². The van der Waals surface area contributed by atoms with Crippen molar-refractivity contribution >= 4 is 12.2 Å². The second-order valence-corrected chi connectivity index (χ2v) is 6.01. The van der Waals surface area contributed by atoms with Crippen LogP contribution in [-0.4, -0.2) is 41.2 Å². The number of hydrogen-bond acceptors (Lipinski definition) is 7. The lowest BCUT2D eigenvalue weighted by Crippen LogP contribution is -2.34. The number of hydrogen-bond donors (Lipinski definition) is 1. The van der Waals surface area contributed by atoms with E-state index in [2.05, 4.69) is 15.0 Å². The first kappa shape index (κ1) is 18.8. The van der Waals surface area contributed by atoms with Gasteiger partial charge in [0.05, 0.1) is 4.92 Å². The first-order chi connectivity index (χ1) is 10.8. The molecule has 0 aromatic carbocycles. The van der Waals surface area contributed by atoms with Crippen molar-refractivity contribution in [3.05, 3.63) is 28.4 Å². The van der Waals surface area contributed by atoms with Crippen LogP contribution in [0.25, 0.3) is 0 Å². The third-order valence-corrected chi connectivity index (χ3v) is 2.91. The van der Waals surface area contributed by atoms with Crippen molar-refractivity contribution < 1.29 is 19.2 Å². The quantitative estimate of drug-likeness (QED) is 0.513. The SMILES string of the molecule is CC(C)(C)OC=O.O=[N+]([O-])c1ccc(OC2CCNCC2)nc1. The summed E-state index contributed by atoms with van der Waals surface area (Å²) < 4.78 is 10.2. The second kappa shape index (κ2) is 9.04. The van der Waals surface area contributed by atoms with Crippen LogP contribution in [0.5, 0.6) is 5.88 Å². The molecule has 0 amide bonds. The molecule has 2 heterocycles. The van der Waals surface area contributed by atoms with E-state index in [4.69, 9.17) is 4.74 Å². The number of ether oxygens (including phenoxy) is 2. The molecular weight excluding hydrogens is 302 g/mol. The molecule has 23 heavy (non-hydrogen) atoms. The highest BCUT2D eigenvalue weighted by Gasteiger charge is 2.15. The maximum atomic E-state index is 10.4. The normalized spacial score (nSPS) is 15.1. The Morgan fingerprint density at radius 3 is 2.39 bits per heavy atom. The first-order valence-corrected chi connectivity index (χ1v) is 7.41. The van der Waals surface area contributed by atoms with E-state index in [0.29, 0.717) is 12.4 Å².